The predicted molar refractivity (Wildman–Crippen MR) is 104 cm³/mol. The Balaban J connectivity index is 1.39. The van der Waals surface area contributed by atoms with Gasteiger partial charge in [-0.15, -0.1) is 0 Å². The molecule has 1 N–H and O–H groups in total. The predicted octanol–water partition coefficient (Wildman–Crippen LogP) is 0.945. The van der Waals surface area contributed by atoms with Crippen LogP contribution in [0.2, 0.25) is 0 Å². The Kier molecular flexibility index (Phi) is 5.26. The molecular formula is C19H27N3O4S. The zero-order chi connectivity index (χ0) is 19.0. The highest BCUT2D eigenvalue weighted by molar-refractivity contribution is 7.88. The van der Waals surface area contributed by atoms with Gasteiger partial charge in [0.05, 0.1) is 18.6 Å². The number of sulfonamides is 1. The van der Waals surface area contributed by atoms with Crippen LogP contribution in [-0.4, -0.2) is 85.3 Å². The molecule has 0 bridgehead atoms. The molecule has 0 spiro atoms. The monoisotopic (exact) mass is 393 g/mol. The zero-order valence-electron chi connectivity index (χ0n) is 15.6. The topological polar surface area (TPSA) is 77.2 Å². The number of benzene rings is 1. The van der Waals surface area contributed by atoms with Gasteiger partial charge in [-0.05, 0) is 36.7 Å². The van der Waals surface area contributed by atoms with Crippen LogP contribution < -0.4 is 0 Å². The number of fused-ring (bicyclic) bond motifs is 1. The third-order valence-electron chi connectivity index (χ3n) is 5.69. The van der Waals surface area contributed by atoms with E-state index in [1.165, 1.54) is 11.8 Å². The van der Waals surface area contributed by atoms with Crippen molar-refractivity contribution in [2.45, 2.75) is 25.1 Å². The van der Waals surface area contributed by atoms with E-state index in [1.807, 2.05) is 12.1 Å². The summed E-state index contributed by atoms with van der Waals surface area (Å²) in [5, 5.41) is 11.7. The fourth-order valence-electron chi connectivity index (χ4n) is 4.28. The van der Waals surface area contributed by atoms with Crippen molar-refractivity contribution in [1.82, 2.24) is 14.1 Å². The molecule has 4 rings (SSSR count). The van der Waals surface area contributed by atoms with Crippen molar-refractivity contribution in [3.05, 3.63) is 36.1 Å². The van der Waals surface area contributed by atoms with Crippen LogP contribution >= 0.6 is 0 Å². The van der Waals surface area contributed by atoms with Crippen molar-refractivity contribution in [1.29, 1.82) is 0 Å². The summed E-state index contributed by atoms with van der Waals surface area (Å²) in [6.07, 6.45) is 3.36. The average Bonchev–Trinajstić information content (AvgIpc) is 3.12. The van der Waals surface area contributed by atoms with Gasteiger partial charge in [-0.2, -0.15) is 0 Å². The molecule has 1 aromatic heterocycles. The summed E-state index contributed by atoms with van der Waals surface area (Å²) >= 11 is 0. The SMILES string of the molecule is CS(=O)(=O)N1CCCN([C@H]2CN(Cc3ccc4occc4c3)C[C@@H]2O)CC1. The van der Waals surface area contributed by atoms with Crippen LogP contribution in [0.3, 0.4) is 0 Å². The molecule has 2 saturated heterocycles. The Labute approximate surface area is 160 Å². The van der Waals surface area contributed by atoms with Gasteiger partial charge in [-0.3, -0.25) is 9.80 Å². The van der Waals surface area contributed by atoms with Crippen molar-refractivity contribution < 1.29 is 17.9 Å². The van der Waals surface area contributed by atoms with Crippen molar-refractivity contribution >= 4 is 21.0 Å². The average molecular weight is 394 g/mol. The number of rotatable bonds is 4. The first-order chi connectivity index (χ1) is 12.9. The molecule has 0 radical (unpaired) electrons. The van der Waals surface area contributed by atoms with Gasteiger partial charge >= 0.3 is 0 Å². The molecule has 0 amide bonds. The van der Waals surface area contributed by atoms with Gasteiger partial charge in [0.15, 0.2) is 0 Å². The highest BCUT2D eigenvalue weighted by atomic mass is 32.2. The number of aliphatic hydroxyl groups excluding tert-OH is 1. The minimum Gasteiger partial charge on any atom is -0.464 e. The first kappa shape index (κ1) is 18.9. The maximum absolute atomic E-state index is 11.8. The van der Waals surface area contributed by atoms with E-state index in [4.69, 9.17) is 4.42 Å². The maximum Gasteiger partial charge on any atom is 0.211 e. The van der Waals surface area contributed by atoms with Gasteiger partial charge in [0.1, 0.15) is 5.58 Å². The summed E-state index contributed by atoms with van der Waals surface area (Å²) in [5.41, 5.74) is 2.09. The van der Waals surface area contributed by atoms with Gasteiger partial charge < -0.3 is 9.52 Å². The molecule has 0 aliphatic carbocycles. The van der Waals surface area contributed by atoms with Crippen LogP contribution in [-0.2, 0) is 16.6 Å². The lowest BCUT2D eigenvalue weighted by Crippen LogP contribution is -2.45. The molecule has 2 fully saturated rings. The molecule has 2 aromatic rings. The molecule has 2 atom stereocenters. The molecule has 0 saturated carbocycles. The van der Waals surface area contributed by atoms with E-state index in [0.717, 1.165) is 37.0 Å². The second kappa shape index (κ2) is 7.52. The van der Waals surface area contributed by atoms with E-state index in [2.05, 4.69) is 21.9 Å². The fraction of sp³-hybridized carbons (Fsp3) is 0.579. The highest BCUT2D eigenvalue weighted by Gasteiger charge is 2.36. The first-order valence-electron chi connectivity index (χ1n) is 9.46. The molecule has 148 valence electrons. The number of hydrogen-bond acceptors (Lipinski definition) is 6. The molecule has 1 aromatic carbocycles. The highest BCUT2D eigenvalue weighted by Crippen LogP contribution is 2.23. The summed E-state index contributed by atoms with van der Waals surface area (Å²) in [4.78, 5) is 4.53. The van der Waals surface area contributed by atoms with E-state index < -0.39 is 16.1 Å². The van der Waals surface area contributed by atoms with Gasteiger partial charge in [0, 0.05) is 50.7 Å². The molecular weight excluding hydrogens is 366 g/mol. The Morgan fingerprint density at radius 1 is 1.15 bits per heavy atom. The number of hydrogen-bond donors (Lipinski definition) is 1. The van der Waals surface area contributed by atoms with Crippen molar-refractivity contribution in [3.8, 4) is 0 Å². The third-order valence-corrected chi connectivity index (χ3v) is 6.99. The number of nitrogens with zero attached hydrogens (tertiary/aromatic N) is 3. The van der Waals surface area contributed by atoms with Crippen LogP contribution in [0.1, 0.15) is 12.0 Å². The second-order valence-corrected chi connectivity index (χ2v) is 9.66. The van der Waals surface area contributed by atoms with Crippen LogP contribution in [0.25, 0.3) is 11.0 Å². The summed E-state index contributed by atoms with van der Waals surface area (Å²) < 4.78 is 30.5. The Hall–Kier alpha value is -1.45. The molecule has 2 aliphatic rings. The molecule has 7 nitrogen and oxygen atoms in total. The van der Waals surface area contributed by atoms with Crippen LogP contribution in [0.15, 0.2) is 34.9 Å². The number of β-amino-alcohol motifs (C(OH)–C–C–N with tert-alkyl or cyclic N) is 1. The lowest BCUT2D eigenvalue weighted by atomic mass is 10.1. The minimum absolute atomic E-state index is 0.0576. The first-order valence-corrected chi connectivity index (χ1v) is 11.3. The maximum atomic E-state index is 11.8. The van der Waals surface area contributed by atoms with Crippen LogP contribution in [0, 0.1) is 0 Å². The summed E-state index contributed by atoms with van der Waals surface area (Å²) in [7, 11) is -3.15. The molecule has 27 heavy (non-hydrogen) atoms. The van der Waals surface area contributed by atoms with E-state index in [9.17, 15) is 13.5 Å². The van der Waals surface area contributed by atoms with E-state index in [1.54, 1.807) is 10.6 Å². The van der Waals surface area contributed by atoms with Gasteiger partial charge in [-0.25, -0.2) is 12.7 Å². The minimum atomic E-state index is -3.15. The van der Waals surface area contributed by atoms with E-state index in [-0.39, 0.29) is 6.04 Å². The largest absolute Gasteiger partial charge is 0.464 e. The number of likely N-dealkylation sites (tertiary alicyclic amines) is 1. The molecule has 8 heteroatoms. The van der Waals surface area contributed by atoms with Crippen molar-refractivity contribution in [2.24, 2.45) is 0 Å². The van der Waals surface area contributed by atoms with E-state index >= 15 is 0 Å². The molecule has 3 heterocycles. The Morgan fingerprint density at radius 3 is 2.81 bits per heavy atom. The second-order valence-electron chi connectivity index (χ2n) is 7.67. The van der Waals surface area contributed by atoms with Crippen molar-refractivity contribution in [3.63, 3.8) is 0 Å². The van der Waals surface area contributed by atoms with Crippen LogP contribution in [0.4, 0.5) is 0 Å². The third kappa shape index (κ3) is 4.20. The number of aliphatic hydroxyl groups is 1. The lowest BCUT2D eigenvalue weighted by Gasteiger charge is -2.29. The van der Waals surface area contributed by atoms with Crippen LogP contribution in [0.5, 0.6) is 0 Å². The van der Waals surface area contributed by atoms with E-state index in [0.29, 0.717) is 26.2 Å². The molecule has 2 aliphatic heterocycles. The summed E-state index contributed by atoms with van der Waals surface area (Å²) in [6.45, 7) is 4.78. The summed E-state index contributed by atoms with van der Waals surface area (Å²) in [5.74, 6) is 0. The fourth-order valence-corrected chi connectivity index (χ4v) is 5.16. The Morgan fingerprint density at radius 2 is 2.00 bits per heavy atom. The van der Waals surface area contributed by atoms with Gasteiger partial charge in [0.25, 0.3) is 0 Å². The molecule has 0 unspecified atom stereocenters. The smallest absolute Gasteiger partial charge is 0.211 e. The van der Waals surface area contributed by atoms with Gasteiger partial charge in [-0.1, -0.05) is 6.07 Å². The lowest BCUT2D eigenvalue weighted by molar-refractivity contribution is 0.0862. The van der Waals surface area contributed by atoms with Gasteiger partial charge in [0.2, 0.25) is 10.0 Å². The Bertz CT molecular complexity index is 897. The number of furan rings is 1. The standard InChI is InChI=1S/C19H27N3O4S/c1-27(24,25)22-7-2-6-21(8-9-22)17-13-20(14-18(17)23)12-15-3-4-19-16(11-15)5-10-26-19/h3-5,10-11,17-18,23H,2,6-9,12-14H2,1H3/t17-,18-/m0/s1. The van der Waals surface area contributed by atoms with Crippen molar-refractivity contribution in [2.75, 3.05) is 45.5 Å². The zero-order valence-corrected chi connectivity index (χ0v) is 16.4. The quantitative estimate of drug-likeness (QED) is 0.833. The summed E-state index contributed by atoms with van der Waals surface area (Å²) in [6, 6.07) is 8.21. The normalized spacial score (nSPS) is 26.6.